The largest absolute Gasteiger partial charge is 0.472 e. The lowest BCUT2D eigenvalue weighted by molar-refractivity contribution is -0.161. The second kappa shape index (κ2) is 76.9. The normalized spacial score (nSPS) is 14.4. The molecule has 0 rings (SSSR count). The molecule has 0 aliphatic carbocycles. The number of aliphatic hydroxyl groups is 1. The second-order valence-electron chi connectivity index (χ2n) is 27.3. The summed E-state index contributed by atoms with van der Waals surface area (Å²) >= 11 is 0. The number of phosphoric acid groups is 2. The van der Waals surface area contributed by atoms with Gasteiger partial charge in [-0.1, -0.05) is 278 Å². The minimum Gasteiger partial charge on any atom is -0.462 e. The summed E-state index contributed by atoms with van der Waals surface area (Å²) < 4.78 is 68.6. The van der Waals surface area contributed by atoms with Gasteiger partial charge in [-0.3, -0.25) is 37.3 Å². The van der Waals surface area contributed by atoms with Crippen LogP contribution in [-0.2, 0) is 65.4 Å². The van der Waals surface area contributed by atoms with Crippen molar-refractivity contribution in [3.63, 3.8) is 0 Å². The van der Waals surface area contributed by atoms with Crippen molar-refractivity contribution in [2.24, 2.45) is 0 Å². The van der Waals surface area contributed by atoms with E-state index in [1.165, 1.54) is 96.3 Å². The van der Waals surface area contributed by atoms with Crippen molar-refractivity contribution in [1.29, 1.82) is 0 Å². The molecule has 0 fully saturated rings. The molecule has 0 bridgehead atoms. The first-order valence-electron chi connectivity index (χ1n) is 41.1. The summed E-state index contributed by atoms with van der Waals surface area (Å²) in [5, 5.41) is 10.6. The van der Waals surface area contributed by atoms with Crippen molar-refractivity contribution in [2.75, 3.05) is 39.6 Å². The van der Waals surface area contributed by atoms with E-state index in [0.717, 1.165) is 173 Å². The Bertz CT molecular complexity index is 2390. The number of allylic oxidation sites excluding steroid dienone is 18. The Morgan fingerprint density at radius 3 is 0.817 bits per heavy atom. The van der Waals surface area contributed by atoms with Gasteiger partial charge in [-0.2, -0.15) is 0 Å². The molecule has 0 heterocycles. The number of rotatable bonds is 77. The Labute approximate surface area is 632 Å². The van der Waals surface area contributed by atoms with Gasteiger partial charge in [0.25, 0.3) is 0 Å². The molecule has 3 N–H and O–H groups in total. The second-order valence-corrected chi connectivity index (χ2v) is 30.2. The van der Waals surface area contributed by atoms with E-state index in [9.17, 15) is 43.2 Å². The predicted octanol–water partition coefficient (Wildman–Crippen LogP) is 24.1. The van der Waals surface area contributed by atoms with E-state index in [4.69, 9.17) is 37.0 Å². The van der Waals surface area contributed by atoms with Crippen LogP contribution in [0.15, 0.2) is 109 Å². The molecule has 0 aromatic rings. The average molecular weight is 1500 g/mol. The summed E-state index contributed by atoms with van der Waals surface area (Å²) in [7, 11) is -9.98. The van der Waals surface area contributed by atoms with Gasteiger partial charge in [0.15, 0.2) is 12.2 Å². The first-order valence-corrected chi connectivity index (χ1v) is 44.1. The highest BCUT2D eigenvalue weighted by Gasteiger charge is 2.30. The van der Waals surface area contributed by atoms with Crippen LogP contribution in [0.5, 0.6) is 0 Å². The number of unbranched alkanes of at least 4 members (excludes halogenated alkanes) is 33. The number of phosphoric ester groups is 2. The van der Waals surface area contributed by atoms with Crippen LogP contribution in [0.1, 0.15) is 349 Å². The Morgan fingerprint density at radius 1 is 0.279 bits per heavy atom. The molecule has 104 heavy (non-hydrogen) atoms. The number of carbonyl (C=O) groups excluding carboxylic acids is 4. The Morgan fingerprint density at radius 2 is 0.500 bits per heavy atom. The van der Waals surface area contributed by atoms with Gasteiger partial charge in [0, 0.05) is 25.7 Å². The molecular formula is C85H148O17P2. The summed E-state index contributed by atoms with van der Waals surface area (Å²) in [5.74, 6) is -2.24. The van der Waals surface area contributed by atoms with Crippen molar-refractivity contribution in [3.05, 3.63) is 109 Å². The lowest BCUT2D eigenvalue weighted by Gasteiger charge is -2.21. The molecule has 0 radical (unpaired) electrons. The smallest absolute Gasteiger partial charge is 0.462 e. The lowest BCUT2D eigenvalue weighted by Crippen LogP contribution is -2.30. The summed E-state index contributed by atoms with van der Waals surface area (Å²) in [6, 6.07) is 0. The molecule has 5 unspecified atom stereocenters. The van der Waals surface area contributed by atoms with E-state index < -0.39 is 97.5 Å². The quantitative estimate of drug-likeness (QED) is 0.0169. The van der Waals surface area contributed by atoms with Gasteiger partial charge in [-0.15, -0.1) is 0 Å². The molecule has 0 aromatic heterocycles. The minimum atomic E-state index is -4.99. The number of esters is 4. The standard InChI is InChI=1S/C85H148O17P2/c1-5-9-13-17-21-25-29-33-37-38-39-40-44-46-50-54-58-62-66-70-83(88)96-76-81(102-85(90)72-68-64-60-56-52-48-43-36-32-28-24-20-16-12-8-4)78-100-104(93,94)98-74-79(86)73-97-103(91,92)99-77-80(101-84(89)71-67-63-59-55-51-47-42-35-31-27-23-19-15-11-7-3)75-95-82(87)69-65-61-57-53-49-45-41-34-30-26-22-18-14-10-6-2/h10,14,21-22,25-26,33-37,39-43,49,53,79-81,86H,5-9,11-13,15-20,23-24,27-32,38,44-48,50-52,54-78H2,1-4H3,(H,91,92)(H,93,94)/b14-10-,25-21-,26-22-,37-33-,40-39-,41-34-,42-35-,43-36-,53-49-. The predicted molar refractivity (Wildman–Crippen MR) is 427 cm³/mol. The van der Waals surface area contributed by atoms with Crippen molar-refractivity contribution < 1.29 is 80.2 Å². The van der Waals surface area contributed by atoms with Gasteiger partial charge in [0.1, 0.15) is 19.3 Å². The zero-order valence-electron chi connectivity index (χ0n) is 65.7. The van der Waals surface area contributed by atoms with Crippen molar-refractivity contribution in [3.8, 4) is 0 Å². The first-order chi connectivity index (χ1) is 50.7. The van der Waals surface area contributed by atoms with Crippen molar-refractivity contribution >= 4 is 39.5 Å². The number of hydrogen-bond donors (Lipinski definition) is 3. The third-order valence-corrected chi connectivity index (χ3v) is 19.1. The van der Waals surface area contributed by atoms with Crippen LogP contribution in [0.25, 0.3) is 0 Å². The molecule has 5 atom stereocenters. The van der Waals surface area contributed by atoms with Crippen LogP contribution in [0.3, 0.4) is 0 Å². The highest BCUT2D eigenvalue weighted by molar-refractivity contribution is 7.47. The molecule has 19 heteroatoms. The maximum Gasteiger partial charge on any atom is 0.472 e. The highest BCUT2D eigenvalue weighted by atomic mass is 31.2. The summed E-state index contributed by atoms with van der Waals surface area (Å²) in [6.45, 7) is 4.68. The van der Waals surface area contributed by atoms with Gasteiger partial charge < -0.3 is 33.8 Å². The fourth-order valence-electron chi connectivity index (χ4n) is 10.9. The third-order valence-electron chi connectivity index (χ3n) is 17.2. The van der Waals surface area contributed by atoms with Gasteiger partial charge >= 0.3 is 39.5 Å². The molecule has 0 aliphatic rings. The number of hydrogen-bond acceptors (Lipinski definition) is 15. The fraction of sp³-hybridized carbons (Fsp3) is 0.741. The molecule has 600 valence electrons. The van der Waals surface area contributed by atoms with Crippen LogP contribution in [0, 0.1) is 0 Å². The van der Waals surface area contributed by atoms with Crippen LogP contribution < -0.4 is 0 Å². The highest BCUT2D eigenvalue weighted by Crippen LogP contribution is 2.45. The van der Waals surface area contributed by atoms with Gasteiger partial charge in [0.2, 0.25) is 0 Å². The van der Waals surface area contributed by atoms with E-state index in [2.05, 4.69) is 137 Å². The van der Waals surface area contributed by atoms with E-state index in [0.29, 0.717) is 25.7 Å². The monoisotopic (exact) mass is 1500 g/mol. The summed E-state index contributed by atoms with van der Waals surface area (Å²) in [6.07, 6.45) is 83.5. The summed E-state index contributed by atoms with van der Waals surface area (Å²) in [4.78, 5) is 73.1. The zero-order chi connectivity index (χ0) is 76.0. The number of ether oxygens (including phenoxy) is 4. The van der Waals surface area contributed by atoms with Crippen molar-refractivity contribution in [2.45, 2.75) is 367 Å². The molecule has 0 aromatic carbocycles. The van der Waals surface area contributed by atoms with E-state index >= 15 is 0 Å². The van der Waals surface area contributed by atoms with Crippen LogP contribution in [0.4, 0.5) is 0 Å². The number of aliphatic hydroxyl groups excluding tert-OH is 1. The molecule has 0 saturated heterocycles. The molecule has 0 saturated carbocycles. The van der Waals surface area contributed by atoms with Crippen LogP contribution in [0.2, 0.25) is 0 Å². The fourth-order valence-corrected chi connectivity index (χ4v) is 12.5. The topological polar surface area (TPSA) is 237 Å². The van der Waals surface area contributed by atoms with Crippen molar-refractivity contribution in [1.82, 2.24) is 0 Å². The van der Waals surface area contributed by atoms with Gasteiger partial charge in [-0.05, 0) is 154 Å². The average Bonchev–Trinajstić information content (AvgIpc) is 0.912. The molecule has 0 spiro atoms. The maximum atomic E-state index is 13.1. The number of carbonyl (C=O) groups is 4. The van der Waals surface area contributed by atoms with Crippen LogP contribution >= 0.6 is 15.6 Å². The molecule has 17 nitrogen and oxygen atoms in total. The van der Waals surface area contributed by atoms with Gasteiger partial charge in [0.05, 0.1) is 26.4 Å². The minimum absolute atomic E-state index is 0.0752. The first kappa shape index (κ1) is 99.7. The zero-order valence-corrected chi connectivity index (χ0v) is 67.5. The molecule has 0 amide bonds. The maximum absolute atomic E-state index is 13.1. The van der Waals surface area contributed by atoms with E-state index in [-0.39, 0.29) is 25.7 Å². The van der Waals surface area contributed by atoms with Crippen LogP contribution in [-0.4, -0.2) is 96.7 Å². The molecular weight excluding hydrogens is 1350 g/mol. The molecule has 0 aliphatic heterocycles. The Kier molecular flexibility index (Phi) is 73.7. The SMILES string of the molecule is CC/C=C\C/C=C\C/C=C\C/C=C\CCCCC(=O)OCC(COP(=O)(O)OCC(O)COP(=O)(O)OCC(COC(=O)CCCCCCCC/C=C\C/C=C\C/C=C\CCCCC)OC(=O)CCCCCCC/C=C\CCCCCCCC)OC(=O)CCCCCCC/C=C\CCCCCCCC. The lowest BCUT2D eigenvalue weighted by atomic mass is 10.1. The third kappa shape index (κ3) is 75.9. The summed E-state index contributed by atoms with van der Waals surface area (Å²) in [5.41, 5.74) is 0. The van der Waals surface area contributed by atoms with Gasteiger partial charge in [-0.25, -0.2) is 9.13 Å². The van der Waals surface area contributed by atoms with E-state index in [1.54, 1.807) is 0 Å². The Balaban J connectivity index is 5.40. The Hall–Kier alpha value is -4.28. The van der Waals surface area contributed by atoms with E-state index in [1.807, 2.05) is 0 Å².